The molecule has 2 aromatic carbocycles. The molecule has 1 aromatic heterocycles. The number of para-hydroxylation sites is 1. The number of nitrogens with one attached hydrogen (secondary N) is 3. The molecule has 0 unspecified atom stereocenters. The Morgan fingerprint density at radius 2 is 1.89 bits per heavy atom. The molecule has 3 N–H and O–H groups in total. The van der Waals surface area contributed by atoms with Crippen LogP contribution in [0.4, 0.5) is 5.69 Å². The van der Waals surface area contributed by atoms with E-state index in [0.29, 0.717) is 21.2 Å². The van der Waals surface area contributed by atoms with Crippen molar-refractivity contribution in [1.82, 2.24) is 14.9 Å². The van der Waals surface area contributed by atoms with Gasteiger partial charge in [0.2, 0.25) is 5.91 Å². The van der Waals surface area contributed by atoms with Gasteiger partial charge in [0.25, 0.3) is 5.91 Å². The van der Waals surface area contributed by atoms with Crippen LogP contribution in [0, 0.1) is 11.7 Å². The minimum absolute atomic E-state index is 0.183. The van der Waals surface area contributed by atoms with Gasteiger partial charge in [0, 0.05) is 22.6 Å². The highest BCUT2D eigenvalue weighted by Gasteiger charge is 2.15. The van der Waals surface area contributed by atoms with Gasteiger partial charge >= 0.3 is 0 Å². The van der Waals surface area contributed by atoms with E-state index in [1.54, 1.807) is 22.8 Å². The number of hydrogen-bond acceptors (Lipinski definition) is 3. The first-order valence-corrected chi connectivity index (χ1v) is 8.95. The quantitative estimate of drug-likeness (QED) is 0.569. The van der Waals surface area contributed by atoms with Crippen molar-refractivity contribution >= 4 is 41.3 Å². The molecule has 0 aliphatic heterocycles. The van der Waals surface area contributed by atoms with Crippen LogP contribution in [0.2, 0.25) is 5.02 Å². The number of benzene rings is 2. The van der Waals surface area contributed by atoms with Crippen molar-refractivity contribution in [2.45, 2.75) is 6.92 Å². The molecule has 0 aliphatic carbocycles. The van der Waals surface area contributed by atoms with Crippen molar-refractivity contribution in [2.24, 2.45) is 0 Å². The van der Waals surface area contributed by atoms with Gasteiger partial charge in [-0.2, -0.15) is 0 Å². The van der Waals surface area contributed by atoms with Gasteiger partial charge in [-0.25, -0.2) is 0 Å². The zero-order valence-electron chi connectivity index (χ0n) is 14.5. The van der Waals surface area contributed by atoms with Crippen LogP contribution in [0.15, 0.2) is 54.7 Å². The molecule has 8 heteroatoms. The summed E-state index contributed by atoms with van der Waals surface area (Å²) in [6, 6.07) is 14.5. The molecule has 0 spiro atoms. The summed E-state index contributed by atoms with van der Waals surface area (Å²) >= 11 is 11.3. The number of nitrogens with zero attached hydrogens (tertiary/aromatic N) is 1. The van der Waals surface area contributed by atoms with E-state index in [2.05, 4.69) is 15.6 Å². The molecule has 0 radical (unpaired) electrons. The SMILES string of the molecule is Cc1c(Cl)cccc1NC(=O)CNC(=O)c1c[nH]c(=S)n1-c1ccccc1. The lowest BCUT2D eigenvalue weighted by atomic mass is 10.2. The van der Waals surface area contributed by atoms with E-state index in [4.69, 9.17) is 23.8 Å². The number of hydrogen-bond donors (Lipinski definition) is 3. The fourth-order valence-corrected chi connectivity index (χ4v) is 2.99. The average molecular weight is 401 g/mol. The minimum Gasteiger partial charge on any atom is -0.342 e. The molecule has 3 rings (SSSR count). The molecule has 138 valence electrons. The molecule has 3 aromatic rings. The van der Waals surface area contributed by atoms with Crippen LogP contribution in [0.25, 0.3) is 5.69 Å². The van der Waals surface area contributed by atoms with Crippen LogP contribution >= 0.6 is 23.8 Å². The van der Waals surface area contributed by atoms with E-state index in [1.165, 1.54) is 6.20 Å². The van der Waals surface area contributed by atoms with Gasteiger partial charge in [0.05, 0.1) is 6.54 Å². The molecule has 0 aliphatic rings. The zero-order valence-corrected chi connectivity index (χ0v) is 16.0. The van der Waals surface area contributed by atoms with Gasteiger partial charge in [-0.3, -0.25) is 14.2 Å². The summed E-state index contributed by atoms with van der Waals surface area (Å²) in [5.74, 6) is -0.765. The maximum Gasteiger partial charge on any atom is 0.270 e. The largest absolute Gasteiger partial charge is 0.342 e. The predicted octanol–water partition coefficient (Wildman–Crippen LogP) is 3.87. The molecular weight excluding hydrogens is 384 g/mol. The van der Waals surface area contributed by atoms with E-state index >= 15 is 0 Å². The number of aromatic nitrogens is 2. The number of carbonyl (C=O) groups excluding carboxylic acids is 2. The molecule has 0 fully saturated rings. The molecule has 0 saturated heterocycles. The number of aromatic amines is 1. The Bertz CT molecular complexity index is 1040. The number of imidazole rings is 1. The lowest BCUT2D eigenvalue weighted by molar-refractivity contribution is -0.115. The highest BCUT2D eigenvalue weighted by Crippen LogP contribution is 2.22. The van der Waals surface area contributed by atoms with Crippen LogP contribution in [0.5, 0.6) is 0 Å². The van der Waals surface area contributed by atoms with E-state index in [9.17, 15) is 9.59 Å². The van der Waals surface area contributed by atoms with Crippen molar-refractivity contribution in [3.63, 3.8) is 0 Å². The highest BCUT2D eigenvalue weighted by molar-refractivity contribution is 7.71. The summed E-state index contributed by atoms with van der Waals surface area (Å²) < 4.78 is 2.01. The number of carbonyl (C=O) groups is 2. The lowest BCUT2D eigenvalue weighted by Crippen LogP contribution is -2.34. The summed E-state index contributed by atoms with van der Waals surface area (Å²) in [6.07, 6.45) is 1.52. The van der Waals surface area contributed by atoms with Gasteiger partial charge in [-0.15, -0.1) is 0 Å². The van der Waals surface area contributed by atoms with E-state index in [1.807, 2.05) is 37.3 Å². The molecule has 0 bridgehead atoms. The zero-order chi connectivity index (χ0) is 19.4. The van der Waals surface area contributed by atoms with Gasteiger partial charge in [0.1, 0.15) is 5.69 Å². The monoisotopic (exact) mass is 400 g/mol. The molecule has 0 atom stereocenters. The Labute approximate surface area is 166 Å². The Hall–Kier alpha value is -2.90. The summed E-state index contributed by atoms with van der Waals surface area (Å²) in [7, 11) is 0. The van der Waals surface area contributed by atoms with Crippen LogP contribution in [-0.2, 0) is 4.79 Å². The lowest BCUT2D eigenvalue weighted by Gasteiger charge is -2.11. The first-order chi connectivity index (χ1) is 13.0. The Morgan fingerprint density at radius 1 is 1.15 bits per heavy atom. The smallest absolute Gasteiger partial charge is 0.270 e. The van der Waals surface area contributed by atoms with Crippen molar-refractivity contribution in [1.29, 1.82) is 0 Å². The van der Waals surface area contributed by atoms with Crippen molar-refractivity contribution < 1.29 is 9.59 Å². The van der Waals surface area contributed by atoms with Gasteiger partial charge in [-0.1, -0.05) is 35.9 Å². The van der Waals surface area contributed by atoms with Crippen molar-refractivity contribution in [3.8, 4) is 5.69 Å². The maximum absolute atomic E-state index is 12.5. The summed E-state index contributed by atoms with van der Waals surface area (Å²) in [4.78, 5) is 27.6. The first-order valence-electron chi connectivity index (χ1n) is 8.16. The van der Waals surface area contributed by atoms with Crippen molar-refractivity contribution in [3.05, 3.63) is 75.8 Å². The first kappa shape index (κ1) is 18.9. The summed E-state index contributed by atoms with van der Waals surface area (Å²) in [5.41, 5.74) is 2.45. The second-order valence-electron chi connectivity index (χ2n) is 5.79. The molecule has 1 heterocycles. The topological polar surface area (TPSA) is 78.9 Å². The fraction of sp³-hybridized carbons (Fsp3) is 0.105. The fourth-order valence-electron chi connectivity index (χ4n) is 2.56. The summed E-state index contributed by atoms with van der Waals surface area (Å²) in [6.45, 7) is 1.63. The van der Waals surface area contributed by atoms with Gasteiger partial charge < -0.3 is 15.6 Å². The maximum atomic E-state index is 12.5. The number of H-pyrrole nitrogens is 1. The molecule has 6 nitrogen and oxygen atoms in total. The van der Waals surface area contributed by atoms with Crippen LogP contribution in [-0.4, -0.2) is 27.9 Å². The Kier molecular flexibility index (Phi) is 5.73. The van der Waals surface area contributed by atoms with Crippen molar-refractivity contribution in [2.75, 3.05) is 11.9 Å². The average Bonchev–Trinajstić information content (AvgIpc) is 3.06. The van der Waals surface area contributed by atoms with Crippen LogP contribution < -0.4 is 10.6 Å². The Balaban J connectivity index is 1.69. The number of amides is 2. The van der Waals surface area contributed by atoms with Crippen LogP contribution in [0.3, 0.4) is 0 Å². The third kappa shape index (κ3) is 4.27. The molecular formula is C19H17ClN4O2S. The standard InChI is InChI=1S/C19H17ClN4O2S/c1-12-14(20)8-5-9-15(12)23-17(25)11-21-18(26)16-10-22-19(27)24(16)13-6-3-2-4-7-13/h2-10H,11H2,1H3,(H,21,26)(H,22,27)(H,23,25). The molecule has 27 heavy (non-hydrogen) atoms. The van der Waals surface area contributed by atoms with Crippen LogP contribution in [0.1, 0.15) is 16.1 Å². The van der Waals surface area contributed by atoms with E-state index < -0.39 is 5.91 Å². The second-order valence-corrected chi connectivity index (χ2v) is 6.59. The number of halogens is 1. The van der Waals surface area contributed by atoms with E-state index in [0.717, 1.165) is 11.3 Å². The second kappa shape index (κ2) is 8.20. The third-order valence-corrected chi connectivity index (χ3v) is 4.68. The van der Waals surface area contributed by atoms with E-state index in [-0.39, 0.29) is 12.5 Å². The number of rotatable bonds is 5. The van der Waals surface area contributed by atoms with Gasteiger partial charge in [0.15, 0.2) is 4.77 Å². The normalized spacial score (nSPS) is 10.4. The highest BCUT2D eigenvalue weighted by atomic mass is 35.5. The number of anilines is 1. The molecule has 2 amide bonds. The third-order valence-electron chi connectivity index (χ3n) is 3.97. The minimum atomic E-state index is -0.413. The summed E-state index contributed by atoms with van der Waals surface area (Å²) in [5, 5.41) is 5.90. The predicted molar refractivity (Wildman–Crippen MR) is 108 cm³/mol. The van der Waals surface area contributed by atoms with Gasteiger partial charge in [-0.05, 0) is 49.0 Å². The Morgan fingerprint density at radius 3 is 2.63 bits per heavy atom. The molecule has 0 saturated carbocycles.